The molecular weight excluding hydrogens is 654 g/mol. The lowest BCUT2D eigenvalue weighted by molar-refractivity contribution is 0.0211. The Labute approximate surface area is 294 Å². The summed E-state index contributed by atoms with van der Waals surface area (Å²) >= 11 is 0. The first-order valence-corrected chi connectivity index (χ1v) is 17.1. The average Bonchev–Trinajstić information content (AvgIpc) is 3.93. The molecule has 0 spiro atoms. The SMILES string of the molecule is CC(C)(C)OC(=O)N1C[C@@H](F)C[C@H]1c1ncc(-c2ccc(-c3ccc(-c4cnc([C@@H]5C[C@H](F)CN5C(=O)OCc5ccccc5)[nH]4)cc3)cc2)[nH]1. The Hall–Kier alpha value is -5.52. The van der Waals surface area contributed by atoms with Crippen molar-refractivity contribution in [3.63, 3.8) is 0 Å². The first kappa shape index (κ1) is 34.0. The van der Waals surface area contributed by atoms with Crippen molar-refractivity contribution >= 4 is 12.2 Å². The van der Waals surface area contributed by atoms with Crippen LogP contribution in [0.5, 0.6) is 0 Å². The first-order valence-electron chi connectivity index (χ1n) is 17.1. The summed E-state index contributed by atoms with van der Waals surface area (Å²) in [5.41, 5.74) is 5.51. The molecule has 5 aromatic rings. The van der Waals surface area contributed by atoms with Crippen LogP contribution < -0.4 is 0 Å². The largest absolute Gasteiger partial charge is 0.445 e. The summed E-state index contributed by atoms with van der Waals surface area (Å²) in [6.45, 7) is 5.38. The van der Waals surface area contributed by atoms with Crippen LogP contribution in [-0.2, 0) is 16.1 Å². The predicted molar refractivity (Wildman–Crippen MR) is 188 cm³/mol. The second kappa shape index (κ2) is 14.0. The van der Waals surface area contributed by atoms with E-state index in [1.807, 2.05) is 78.9 Å². The molecule has 264 valence electrons. The molecule has 0 unspecified atom stereocenters. The number of likely N-dealkylation sites (tertiary alicyclic amines) is 2. The number of amides is 2. The Bertz CT molecular complexity index is 1970. The molecule has 51 heavy (non-hydrogen) atoms. The summed E-state index contributed by atoms with van der Waals surface area (Å²) < 4.78 is 39.9. The van der Waals surface area contributed by atoms with Crippen molar-refractivity contribution in [3.05, 3.63) is 108 Å². The fourth-order valence-electron chi connectivity index (χ4n) is 6.60. The van der Waals surface area contributed by atoms with Crippen LogP contribution in [0.1, 0.15) is 62.9 Å². The molecule has 7 rings (SSSR count). The maximum absolute atomic E-state index is 14.5. The van der Waals surface area contributed by atoms with E-state index in [9.17, 15) is 18.4 Å². The van der Waals surface area contributed by atoms with Crippen LogP contribution in [-0.4, -0.2) is 73.0 Å². The van der Waals surface area contributed by atoms with Gasteiger partial charge >= 0.3 is 12.2 Å². The third-order valence-electron chi connectivity index (χ3n) is 9.12. The molecule has 4 atom stereocenters. The minimum atomic E-state index is -1.17. The molecule has 3 aromatic carbocycles. The standard InChI is InChI=1S/C39H40F2N6O4/c1-39(2,3)51-38(49)47-22-30(41)18-34(47)36-43-20-32(45-36)28-15-11-26(12-16-28)25-9-13-27(14-10-25)31-19-42-35(44-31)33-17-29(40)21-46(33)37(48)50-23-24-7-5-4-6-8-24/h4-16,19-20,29-30,33-34H,17-18,21-23H2,1-3H3,(H,42,44)(H,43,45)/t29-,30-,33-,34-/m0/s1. The molecule has 2 N–H and O–H groups in total. The lowest BCUT2D eigenvalue weighted by Crippen LogP contribution is -2.37. The number of hydrogen-bond acceptors (Lipinski definition) is 6. The van der Waals surface area contributed by atoms with Gasteiger partial charge in [0.25, 0.3) is 0 Å². The molecule has 2 aliphatic heterocycles. The lowest BCUT2D eigenvalue weighted by Gasteiger charge is -2.27. The number of H-pyrrole nitrogens is 2. The topological polar surface area (TPSA) is 116 Å². The van der Waals surface area contributed by atoms with Crippen LogP contribution in [0.4, 0.5) is 18.4 Å². The van der Waals surface area contributed by atoms with E-state index in [-0.39, 0.29) is 32.5 Å². The number of halogens is 2. The summed E-state index contributed by atoms with van der Waals surface area (Å²) in [7, 11) is 0. The number of carbonyl (C=O) groups excluding carboxylic acids is 2. The Balaban J connectivity index is 0.997. The van der Waals surface area contributed by atoms with E-state index in [1.54, 1.807) is 33.2 Å². The zero-order valence-corrected chi connectivity index (χ0v) is 28.7. The fraction of sp³-hybridized carbons (Fsp3) is 0.333. The van der Waals surface area contributed by atoms with E-state index in [4.69, 9.17) is 9.47 Å². The van der Waals surface area contributed by atoms with E-state index in [0.717, 1.165) is 39.2 Å². The van der Waals surface area contributed by atoms with Gasteiger partial charge in [0.15, 0.2) is 0 Å². The van der Waals surface area contributed by atoms with Crippen LogP contribution in [0, 0.1) is 0 Å². The van der Waals surface area contributed by atoms with Gasteiger partial charge < -0.3 is 19.4 Å². The monoisotopic (exact) mass is 694 g/mol. The van der Waals surface area contributed by atoms with Gasteiger partial charge in [0.2, 0.25) is 0 Å². The highest BCUT2D eigenvalue weighted by Gasteiger charge is 2.41. The lowest BCUT2D eigenvalue weighted by atomic mass is 10.0. The number of benzene rings is 3. The first-order chi connectivity index (χ1) is 24.5. The summed E-state index contributed by atoms with van der Waals surface area (Å²) in [5.74, 6) is 1.03. The van der Waals surface area contributed by atoms with E-state index in [1.165, 1.54) is 9.80 Å². The van der Waals surface area contributed by atoms with Gasteiger partial charge in [-0.05, 0) is 48.6 Å². The number of nitrogens with one attached hydrogen (secondary N) is 2. The second-order valence-corrected chi connectivity index (χ2v) is 14.0. The molecule has 10 nitrogen and oxygen atoms in total. The highest BCUT2D eigenvalue weighted by atomic mass is 19.1. The van der Waals surface area contributed by atoms with Gasteiger partial charge in [-0.3, -0.25) is 9.80 Å². The summed E-state index contributed by atoms with van der Waals surface area (Å²) in [5, 5.41) is 0. The zero-order valence-electron chi connectivity index (χ0n) is 28.7. The summed E-state index contributed by atoms with van der Waals surface area (Å²) in [4.78, 5) is 44.1. The quantitative estimate of drug-likeness (QED) is 0.176. The van der Waals surface area contributed by atoms with Crippen molar-refractivity contribution in [2.24, 2.45) is 0 Å². The molecule has 2 fully saturated rings. The maximum atomic E-state index is 14.5. The van der Waals surface area contributed by atoms with Gasteiger partial charge in [0.1, 0.15) is 36.2 Å². The van der Waals surface area contributed by atoms with Gasteiger partial charge in [-0.15, -0.1) is 0 Å². The molecule has 2 saturated heterocycles. The van der Waals surface area contributed by atoms with Crippen LogP contribution in [0.25, 0.3) is 33.6 Å². The Morgan fingerprint density at radius 2 is 1.16 bits per heavy atom. The van der Waals surface area contributed by atoms with Crippen molar-refractivity contribution < 1.29 is 27.8 Å². The molecular formula is C39H40F2N6O4. The van der Waals surface area contributed by atoms with Crippen molar-refractivity contribution in [1.29, 1.82) is 0 Å². The molecule has 2 amide bonds. The molecule has 0 bridgehead atoms. The zero-order chi connectivity index (χ0) is 35.7. The fourth-order valence-corrected chi connectivity index (χ4v) is 6.60. The summed E-state index contributed by atoms with van der Waals surface area (Å²) in [6.07, 6.45) is 0.249. The number of aromatic nitrogens is 4. The van der Waals surface area contributed by atoms with Crippen molar-refractivity contribution in [1.82, 2.24) is 29.7 Å². The van der Waals surface area contributed by atoms with Gasteiger partial charge in [-0.2, -0.15) is 0 Å². The smallest absolute Gasteiger partial charge is 0.411 e. The molecule has 12 heteroatoms. The number of alkyl halides is 2. The van der Waals surface area contributed by atoms with Gasteiger partial charge in [0.05, 0.1) is 49.0 Å². The third-order valence-corrected chi connectivity index (χ3v) is 9.12. The van der Waals surface area contributed by atoms with Gasteiger partial charge in [0, 0.05) is 12.8 Å². The molecule has 2 aromatic heterocycles. The highest BCUT2D eigenvalue weighted by molar-refractivity contribution is 5.72. The molecule has 4 heterocycles. The summed E-state index contributed by atoms with van der Waals surface area (Å²) in [6, 6.07) is 24.3. The molecule has 0 radical (unpaired) electrons. The highest BCUT2D eigenvalue weighted by Crippen LogP contribution is 2.36. The van der Waals surface area contributed by atoms with Crippen molar-refractivity contribution in [3.8, 4) is 33.6 Å². The Morgan fingerprint density at radius 1 is 0.706 bits per heavy atom. The van der Waals surface area contributed by atoms with Crippen LogP contribution in [0.2, 0.25) is 0 Å². The van der Waals surface area contributed by atoms with Gasteiger partial charge in [-0.1, -0.05) is 78.9 Å². The molecule has 0 saturated carbocycles. The van der Waals surface area contributed by atoms with E-state index >= 15 is 0 Å². The van der Waals surface area contributed by atoms with Crippen LogP contribution >= 0.6 is 0 Å². The van der Waals surface area contributed by atoms with Crippen LogP contribution in [0.15, 0.2) is 91.3 Å². The number of hydrogen-bond donors (Lipinski definition) is 2. The van der Waals surface area contributed by atoms with E-state index < -0.39 is 42.2 Å². The number of nitrogens with zero attached hydrogens (tertiary/aromatic N) is 4. The van der Waals surface area contributed by atoms with Crippen molar-refractivity contribution in [2.75, 3.05) is 13.1 Å². The van der Waals surface area contributed by atoms with Crippen LogP contribution in [0.3, 0.4) is 0 Å². The minimum absolute atomic E-state index is 0.0324. The van der Waals surface area contributed by atoms with E-state index in [0.29, 0.717) is 11.6 Å². The third kappa shape index (κ3) is 7.64. The normalized spacial score (nSPS) is 20.5. The predicted octanol–water partition coefficient (Wildman–Crippen LogP) is 8.58. The minimum Gasteiger partial charge on any atom is -0.445 e. The molecule has 2 aliphatic rings. The van der Waals surface area contributed by atoms with E-state index in [2.05, 4.69) is 19.9 Å². The number of carbonyl (C=O) groups is 2. The average molecular weight is 695 g/mol. The second-order valence-electron chi connectivity index (χ2n) is 14.0. The number of aromatic amines is 2. The van der Waals surface area contributed by atoms with Crippen molar-refractivity contribution in [2.45, 2.75) is 70.2 Å². The number of imidazole rings is 2. The number of ether oxygens (including phenoxy) is 2. The molecule has 0 aliphatic carbocycles. The maximum Gasteiger partial charge on any atom is 0.411 e. The van der Waals surface area contributed by atoms with Gasteiger partial charge in [-0.25, -0.2) is 28.3 Å². The number of rotatable bonds is 7. The Morgan fingerprint density at radius 3 is 1.63 bits per heavy atom. The Kier molecular flexibility index (Phi) is 9.33.